The van der Waals surface area contributed by atoms with E-state index in [4.69, 9.17) is 5.84 Å². The predicted octanol–water partition coefficient (Wildman–Crippen LogP) is 0.291. The third-order valence-corrected chi connectivity index (χ3v) is 5.67. The number of rotatable bonds is 4. The number of nitrogens with zero attached hydrogens (tertiary/aromatic N) is 2. The summed E-state index contributed by atoms with van der Waals surface area (Å²) >= 11 is 0. The van der Waals surface area contributed by atoms with E-state index in [0.29, 0.717) is 12.8 Å². The summed E-state index contributed by atoms with van der Waals surface area (Å²) in [7, 11) is -2.26. The normalized spacial score (nSPS) is 23.8. The maximum atomic E-state index is 12.6. The zero-order chi connectivity index (χ0) is 14.8. The molecule has 112 valence electrons. The van der Waals surface area contributed by atoms with Crippen LogP contribution in [0.15, 0.2) is 23.4 Å². The molecule has 0 aromatic carbocycles. The van der Waals surface area contributed by atoms with Crippen LogP contribution in [-0.4, -0.2) is 42.0 Å². The molecule has 0 spiro atoms. The topological polar surface area (TPSA) is 109 Å². The van der Waals surface area contributed by atoms with Gasteiger partial charge in [0.25, 0.3) is 0 Å². The van der Waals surface area contributed by atoms with Crippen LogP contribution in [-0.2, 0) is 10.0 Å². The molecule has 8 heteroatoms. The van der Waals surface area contributed by atoms with Gasteiger partial charge in [0.15, 0.2) is 0 Å². The number of anilines is 1. The lowest BCUT2D eigenvalue weighted by atomic mass is 9.93. The second-order valence-corrected chi connectivity index (χ2v) is 6.92. The van der Waals surface area contributed by atoms with E-state index in [1.807, 2.05) is 0 Å². The standard InChI is InChI=1S/C12H20N4O3S/c1-16(10-4-2-3-5-11(10)17)20(18,19)12-8-14-7-6-9(12)15-13/h6-8,10-11,17H,2-5,13H2,1H3,(H,14,15). The van der Waals surface area contributed by atoms with Crippen LogP contribution in [0.4, 0.5) is 5.69 Å². The fourth-order valence-corrected chi connectivity index (χ4v) is 4.07. The summed E-state index contributed by atoms with van der Waals surface area (Å²) in [5.74, 6) is 5.34. The molecule has 0 saturated heterocycles. The SMILES string of the molecule is CN(C1CCCCC1O)S(=O)(=O)c1cnccc1NN. The Hall–Kier alpha value is -1.22. The molecule has 2 unspecified atom stereocenters. The molecule has 0 radical (unpaired) electrons. The van der Waals surface area contributed by atoms with Crippen LogP contribution >= 0.6 is 0 Å². The monoisotopic (exact) mass is 300 g/mol. The van der Waals surface area contributed by atoms with Gasteiger partial charge in [0, 0.05) is 19.4 Å². The minimum Gasteiger partial charge on any atom is -0.391 e. The van der Waals surface area contributed by atoms with Crippen LogP contribution in [0.5, 0.6) is 0 Å². The fraction of sp³-hybridized carbons (Fsp3) is 0.583. The van der Waals surface area contributed by atoms with E-state index in [9.17, 15) is 13.5 Å². The molecule has 1 aromatic heterocycles. The maximum Gasteiger partial charge on any atom is 0.246 e. The highest BCUT2D eigenvalue weighted by Crippen LogP contribution is 2.29. The van der Waals surface area contributed by atoms with Crippen molar-refractivity contribution in [3.63, 3.8) is 0 Å². The highest BCUT2D eigenvalue weighted by atomic mass is 32.2. The summed E-state index contributed by atoms with van der Waals surface area (Å²) in [5, 5.41) is 10.0. The van der Waals surface area contributed by atoms with Crippen LogP contribution in [0.2, 0.25) is 0 Å². The molecule has 0 bridgehead atoms. The quantitative estimate of drug-likeness (QED) is 0.545. The summed E-state index contributed by atoms with van der Waals surface area (Å²) in [6.07, 6.45) is 5.21. The molecule has 0 amide bonds. The van der Waals surface area contributed by atoms with E-state index in [-0.39, 0.29) is 10.6 Å². The molecule has 1 heterocycles. The number of likely N-dealkylation sites (N-methyl/N-ethyl adjacent to an activating group) is 1. The molecule has 1 aliphatic rings. The number of pyridine rings is 1. The Morgan fingerprint density at radius 2 is 2.15 bits per heavy atom. The van der Waals surface area contributed by atoms with Gasteiger partial charge in [-0.2, -0.15) is 4.31 Å². The number of aromatic nitrogens is 1. The number of hydrazine groups is 1. The number of sulfonamides is 1. The Kier molecular flexibility index (Phi) is 4.59. The second kappa shape index (κ2) is 6.04. The van der Waals surface area contributed by atoms with Crippen molar-refractivity contribution in [1.29, 1.82) is 0 Å². The first kappa shape index (κ1) is 15.2. The predicted molar refractivity (Wildman–Crippen MR) is 75.3 cm³/mol. The van der Waals surface area contributed by atoms with Crippen LogP contribution in [0, 0.1) is 0 Å². The van der Waals surface area contributed by atoms with Gasteiger partial charge in [-0.15, -0.1) is 0 Å². The van der Waals surface area contributed by atoms with Gasteiger partial charge in [-0.1, -0.05) is 12.8 Å². The van der Waals surface area contributed by atoms with Crippen molar-refractivity contribution in [2.45, 2.75) is 42.7 Å². The molecule has 4 N–H and O–H groups in total. The summed E-state index contributed by atoms with van der Waals surface area (Å²) in [5.41, 5.74) is 2.65. The zero-order valence-corrected chi connectivity index (χ0v) is 12.2. The molecule has 0 aliphatic heterocycles. The lowest BCUT2D eigenvalue weighted by Gasteiger charge is -2.34. The van der Waals surface area contributed by atoms with Crippen molar-refractivity contribution in [3.8, 4) is 0 Å². The first-order chi connectivity index (χ1) is 9.48. The highest BCUT2D eigenvalue weighted by Gasteiger charge is 2.35. The fourth-order valence-electron chi connectivity index (χ4n) is 2.55. The van der Waals surface area contributed by atoms with Crippen molar-refractivity contribution < 1.29 is 13.5 Å². The number of nitrogens with two attached hydrogens (primary N) is 1. The Labute approximate surface area is 118 Å². The van der Waals surface area contributed by atoms with E-state index in [1.54, 1.807) is 0 Å². The van der Waals surface area contributed by atoms with E-state index < -0.39 is 22.2 Å². The smallest absolute Gasteiger partial charge is 0.246 e. The van der Waals surface area contributed by atoms with E-state index >= 15 is 0 Å². The van der Waals surface area contributed by atoms with Gasteiger partial charge in [-0.25, -0.2) is 8.42 Å². The van der Waals surface area contributed by atoms with Gasteiger partial charge in [0.05, 0.1) is 17.8 Å². The summed E-state index contributed by atoms with van der Waals surface area (Å²) in [4.78, 5) is 3.86. The average Bonchev–Trinajstić information content (AvgIpc) is 2.47. The van der Waals surface area contributed by atoms with Gasteiger partial charge in [0.2, 0.25) is 10.0 Å². The molecule has 1 aromatic rings. The van der Waals surface area contributed by atoms with E-state index in [2.05, 4.69) is 10.4 Å². The first-order valence-electron chi connectivity index (χ1n) is 6.55. The highest BCUT2D eigenvalue weighted by molar-refractivity contribution is 7.89. The molecular weight excluding hydrogens is 280 g/mol. The van der Waals surface area contributed by atoms with Crippen LogP contribution in [0.25, 0.3) is 0 Å². The molecule has 2 rings (SSSR count). The Morgan fingerprint density at radius 1 is 1.45 bits per heavy atom. The second-order valence-electron chi connectivity index (χ2n) is 4.96. The summed E-state index contributed by atoms with van der Waals surface area (Å²) < 4.78 is 26.5. The number of aliphatic hydroxyl groups is 1. The van der Waals surface area contributed by atoms with Gasteiger partial charge in [-0.05, 0) is 18.9 Å². The molecule has 1 fully saturated rings. The van der Waals surface area contributed by atoms with Gasteiger partial charge >= 0.3 is 0 Å². The average molecular weight is 300 g/mol. The Balaban J connectivity index is 2.34. The molecule has 2 atom stereocenters. The van der Waals surface area contributed by atoms with E-state index in [0.717, 1.165) is 12.8 Å². The number of nitrogen functional groups attached to an aromatic ring is 1. The lowest BCUT2D eigenvalue weighted by molar-refractivity contribution is 0.0638. The summed E-state index contributed by atoms with van der Waals surface area (Å²) in [6.45, 7) is 0. The number of aliphatic hydroxyl groups excluding tert-OH is 1. The summed E-state index contributed by atoms with van der Waals surface area (Å²) in [6, 6.07) is 1.09. The minimum atomic E-state index is -3.75. The van der Waals surface area contributed by atoms with Gasteiger partial charge in [-0.3, -0.25) is 10.8 Å². The lowest BCUT2D eigenvalue weighted by Crippen LogP contribution is -2.46. The zero-order valence-electron chi connectivity index (χ0n) is 11.4. The van der Waals surface area contributed by atoms with Crippen molar-refractivity contribution in [3.05, 3.63) is 18.5 Å². The van der Waals surface area contributed by atoms with Crippen LogP contribution < -0.4 is 11.3 Å². The third-order valence-electron chi connectivity index (χ3n) is 3.76. The number of nitrogens with one attached hydrogen (secondary N) is 1. The van der Waals surface area contributed by atoms with E-state index in [1.165, 1.54) is 29.8 Å². The van der Waals surface area contributed by atoms with Crippen molar-refractivity contribution in [2.24, 2.45) is 5.84 Å². The maximum absolute atomic E-state index is 12.6. The van der Waals surface area contributed by atoms with Crippen molar-refractivity contribution >= 4 is 15.7 Å². The van der Waals surface area contributed by atoms with Gasteiger partial charge < -0.3 is 10.5 Å². The first-order valence-corrected chi connectivity index (χ1v) is 7.99. The molecule has 1 saturated carbocycles. The Bertz CT molecular complexity index is 564. The van der Waals surface area contributed by atoms with Crippen LogP contribution in [0.3, 0.4) is 0 Å². The van der Waals surface area contributed by atoms with Crippen molar-refractivity contribution in [1.82, 2.24) is 9.29 Å². The minimum absolute atomic E-state index is 0.0165. The Morgan fingerprint density at radius 3 is 2.80 bits per heavy atom. The number of hydrogen-bond donors (Lipinski definition) is 3. The molecular formula is C12H20N4O3S. The molecule has 1 aliphatic carbocycles. The molecule has 7 nitrogen and oxygen atoms in total. The largest absolute Gasteiger partial charge is 0.391 e. The number of hydrogen-bond acceptors (Lipinski definition) is 6. The van der Waals surface area contributed by atoms with Crippen molar-refractivity contribution in [2.75, 3.05) is 12.5 Å². The van der Waals surface area contributed by atoms with Gasteiger partial charge in [0.1, 0.15) is 4.90 Å². The molecule has 20 heavy (non-hydrogen) atoms. The third kappa shape index (κ3) is 2.78. The van der Waals surface area contributed by atoms with Crippen LogP contribution in [0.1, 0.15) is 25.7 Å².